The molecule has 0 radical (unpaired) electrons. The Hall–Kier alpha value is -2.52. The monoisotopic (exact) mass is 372 g/mol. The first-order valence-electron chi connectivity index (χ1n) is 6.47. The van der Waals surface area contributed by atoms with Gasteiger partial charge in [0.15, 0.2) is 0 Å². The SMILES string of the molecule is COc1ccc(S(=O)(=O)Nc2ccc(Cl)c([N+](=O)[O-])c2)c(OC)c1. The predicted molar refractivity (Wildman–Crippen MR) is 88.5 cm³/mol. The van der Waals surface area contributed by atoms with Gasteiger partial charge in [0.1, 0.15) is 21.4 Å². The number of benzene rings is 2. The average molecular weight is 373 g/mol. The van der Waals surface area contributed by atoms with Crippen LogP contribution in [0.15, 0.2) is 41.3 Å². The van der Waals surface area contributed by atoms with E-state index in [2.05, 4.69) is 4.72 Å². The third-order valence-corrected chi connectivity index (χ3v) is 4.80. The van der Waals surface area contributed by atoms with Gasteiger partial charge in [-0.05, 0) is 24.3 Å². The van der Waals surface area contributed by atoms with Crippen molar-refractivity contribution in [2.24, 2.45) is 0 Å². The maximum Gasteiger partial charge on any atom is 0.289 e. The summed E-state index contributed by atoms with van der Waals surface area (Å²) < 4.78 is 37.4. The Kier molecular flexibility index (Phi) is 5.15. The standard InChI is InChI=1S/C14H13ClN2O6S/c1-22-10-4-6-14(13(8-10)23-2)24(20,21)16-9-3-5-11(15)12(7-9)17(18)19/h3-8,16H,1-2H3. The number of hydrogen-bond donors (Lipinski definition) is 1. The number of sulfonamides is 1. The summed E-state index contributed by atoms with van der Waals surface area (Å²) in [5.74, 6) is 0.498. The Balaban J connectivity index is 2.42. The van der Waals surface area contributed by atoms with Crippen LogP contribution in [0.1, 0.15) is 0 Å². The van der Waals surface area contributed by atoms with E-state index in [1.807, 2.05) is 0 Å². The molecule has 0 fully saturated rings. The van der Waals surface area contributed by atoms with Gasteiger partial charge < -0.3 is 9.47 Å². The van der Waals surface area contributed by atoms with E-state index in [0.717, 1.165) is 6.07 Å². The minimum Gasteiger partial charge on any atom is -0.497 e. The van der Waals surface area contributed by atoms with Crippen LogP contribution in [0.2, 0.25) is 5.02 Å². The molecule has 2 aromatic rings. The highest BCUT2D eigenvalue weighted by Crippen LogP contribution is 2.32. The second-order valence-corrected chi connectivity index (χ2v) is 6.60. The van der Waals surface area contributed by atoms with Gasteiger partial charge in [-0.2, -0.15) is 0 Å². The zero-order valence-corrected chi connectivity index (χ0v) is 14.2. The van der Waals surface area contributed by atoms with Crippen molar-refractivity contribution < 1.29 is 22.8 Å². The van der Waals surface area contributed by atoms with E-state index in [9.17, 15) is 18.5 Å². The molecule has 0 aliphatic heterocycles. The lowest BCUT2D eigenvalue weighted by Gasteiger charge is -2.12. The summed E-state index contributed by atoms with van der Waals surface area (Å²) >= 11 is 5.71. The first-order valence-corrected chi connectivity index (χ1v) is 8.33. The minimum absolute atomic E-state index is 0.00368. The number of methoxy groups -OCH3 is 2. The third kappa shape index (κ3) is 3.69. The van der Waals surface area contributed by atoms with Crippen LogP contribution in [0.4, 0.5) is 11.4 Å². The summed E-state index contributed by atoms with van der Waals surface area (Å²) in [4.78, 5) is 10.1. The molecule has 2 rings (SSSR count). The lowest BCUT2D eigenvalue weighted by Crippen LogP contribution is -2.14. The fourth-order valence-electron chi connectivity index (χ4n) is 1.92. The molecule has 0 unspecified atom stereocenters. The van der Waals surface area contributed by atoms with Gasteiger partial charge in [-0.3, -0.25) is 14.8 Å². The van der Waals surface area contributed by atoms with Crippen molar-refractivity contribution in [3.8, 4) is 11.5 Å². The van der Waals surface area contributed by atoms with Crippen LogP contribution < -0.4 is 14.2 Å². The predicted octanol–water partition coefficient (Wildman–Crippen LogP) is 3.07. The highest BCUT2D eigenvalue weighted by molar-refractivity contribution is 7.92. The number of nitrogens with one attached hydrogen (secondary N) is 1. The van der Waals surface area contributed by atoms with Crippen molar-refractivity contribution in [3.63, 3.8) is 0 Å². The van der Waals surface area contributed by atoms with Crippen LogP contribution in [-0.2, 0) is 10.0 Å². The maximum atomic E-state index is 12.5. The van der Waals surface area contributed by atoms with E-state index in [1.165, 1.54) is 44.6 Å². The number of hydrogen-bond acceptors (Lipinski definition) is 6. The second-order valence-electron chi connectivity index (χ2n) is 4.55. The van der Waals surface area contributed by atoms with Crippen molar-refractivity contribution in [2.45, 2.75) is 4.90 Å². The fourth-order valence-corrected chi connectivity index (χ4v) is 3.31. The smallest absolute Gasteiger partial charge is 0.289 e. The molecule has 0 saturated heterocycles. The molecular formula is C14H13ClN2O6S. The molecule has 0 spiro atoms. The summed E-state index contributed by atoms with van der Waals surface area (Å²) in [7, 11) is -1.27. The molecule has 2 aromatic carbocycles. The molecule has 8 nitrogen and oxygen atoms in total. The first-order chi connectivity index (χ1) is 11.3. The Labute approximate surface area is 143 Å². The lowest BCUT2D eigenvalue weighted by molar-refractivity contribution is -0.384. The molecule has 1 N–H and O–H groups in total. The number of nitro groups is 1. The highest BCUT2D eigenvalue weighted by Gasteiger charge is 2.22. The van der Waals surface area contributed by atoms with Crippen LogP contribution in [0.5, 0.6) is 11.5 Å². The van der Waals surface area contributed by atoms with Crippen LogP contribution >= 0.6 is 11.6 Å². The average Bonchev–Trinajstić information content (AvgIpc) is 2.55. The first kappa shape index (κ1) is 17.8. The number of nitro benzene ring substituents is 1. The Morgan fingerprint density at radius 2 is 1.83 bits per heavy atom. The second kappa shape index (κ2) is 6.93. The number of rotatable bonds is 6. The molecule has 0 aromatic heterocycles. The van der Waals surface area contributed by atoms with E-state index < -0.39 is 20.6 Å². The van der Waals surface area contributed by atoms with Crippen molar-refractivity contribution in [2.75, 3.05) is 18.9 Å². The largest absolute Gasteiger partial charge is 0.497 e. The third-order valence-electron chi connectivity index (χ3n) is 3.06. The van der Waals surface area contributed by atoms with E-state index in [0.29, 0.717) is 5.75 Å². The molecule has 0 aliphatic rings. The Bertz CT molecular complexity index is 885. The Morgan fingerprint density at radius 1 is 1.12 bits per heavy atom. The van der Waals surface area contributed by atoms with E-state index in [1.54, 1.807) is 0 Å². The van der Waals surface area contributed by atoms with Gasteiger partial charge in [0, 0.05) is 12.1 Å². The van der Waals surface area contributed by atoms with Crippen LogP contribution in [-0.4, -0.2) is 27.6 Å². The summed E-state index contributed by atoms with van der Waals surface area (Å²) in [6, 6.07) is 7.78. The van der Waals surface area contributed by atoms with Gasteiger partial charge in [0.25, 0.3) is 15.7 Å². The van der Waals surface area contributed by atoms with Gasteiger partial charge in [-0.15, -0.1) is 0 Å². The minimum atomic E-state index is -4.03. The number of nitrogens with zero attached hydrogens (tertiary/aromatic N) is 1. The van der Waals surface area contributed by atoms with Gasteiger partial charge >= 0.3 is 0 Å². The quantitative estimate of drug-likeness (QED) is 0.616. The number of halogens is 1. The normalized spacial score (nSPS) is 11.0. The maximum absolute atomic E-state index is 12.5. The van der Waals surface area contributed by atoms with Gasteiger partial charge in [-0.1, -0.05) is 11.6 Å². The van der Waals surface area contributed by atoms with Crippen LogP contribution in [0, 0.1) is 10.1 Å². The summed E-state index contributed by atoms with van der Waals surface area (Å²) in [6.45, 7) is 0. The summed E-state index contributed by atoms with van der Waals surface area (Å²) in [5.41, 5.74) is -0.400. The molecule has 128 valence electrons. The van der Waals surface area contributed by atoms with Crippen molar-refractivity contribution >= 4 is 33.0 Å². The van der Waals surface area contributed by atoms with E-state index >= 15 is 0 Å². The fraction of sp³-hybridized carbons (Fsp3) is 0.143. The van der Waals surface area contributed by atoms with Crippen molar-refractivity contribution in [3.05, 3.63) is 51.5 Å². The number of anilines is 1. The number of ether oxygens (including phenoxy) is 2. The molecule has 0 bridgehead atoms. The molecular weight excluding hydrogens is 360 g/mol. The Morgan fingerprint density at radius 3 is 2.42 bits per heavy atom. The van der Waals surface area contributed by atoms with Gasteiger partial charge in [-0.25, -0.2) is 8.42 Å². The van der Waals surface area contributed by atoms with E-state index in [-0.39, 0.29) is 21.4 Å². The van der Waals surface area contributed by atoms with Gasteiger partial charge in [0.2, 0.25) is 0 Å². The summed E-state index contributed by atoms with van der Waals surface area (Å²) in [5, 5.41) is 10.8. The van der Waals surface area contributed by atoms with E-state index in [4.69, 9.17) is 21.1 Å². The topological polar surface area (TPSA) is 108 Å². The molecule has 0 atom stereocenters. The van der Waals surface area contributed by atoms with Crippen LogP contribution in [0.3, 0.4) is 0 Å². The summed E-state index contributed by atoms with van der Waals surface area (Å²) in [6.07, 6.45) is 0. The zero-order chi connectivity index (χ0) is 17.9. The van der Waals surface area contributed by atoms with Crippen molar-refractivity contribution in [1.82, 2.24) is 0 Å². The molecule has 10 heteroatoms. The molecule has 0 saturated carbocycles. The molecule has 24 heavy (non-hydrogen) atoms. The highest BCUT2D eigenvalue weighted by atomic mass is 35.5. The zero-order valence-electron chi connectivity index (χ0n) is 12.6. The van der Waals surface area contributed by atoms with Crippen molar-refractivity contribution in [1.29, 1.82) is 0 Å². The molecule has 0 aliphatic carbocycles. The molecule has 0 amide bonds. The van der Waals surface area contributed by atoms with Gasteiger partial charge in [0.05, 0.1) is 24.8 Å². The van der Waals surface area contributed by atoms with Crippen LogP contribution in [0.25, 0.3) is 0 Å². The lowest BCUT2D eigenvalue weighted by atomic mass is 10.3. The molecule has 0 heterocycles.